The van der Waals surface area contributed by atoms with E-state index in [-0.39, 0.29) is 10.5 Å². The topological polar surface area (TPSA) is 88.6 Å². The van der Waals surface area contributed by atoms with Gasteiger partial charge in [0.2, 0.25) is 10.0 Å². The van der Waals surface area contributed by atoms with E-state index in [1.165, 1.54) is 31.5 Å². The van der Waals surface area contributed by atoms with Crippen molar-refractivity contribution in [1.29, 1.82) is 0 Å². The number of hydrogen-bond donors (Lipinski definition) is 1. The molecule has 0 saturated carbocycles. The summed E-state index contributed by atoms with van der Waals surface area (Å²) in [6.07, 6.45) is 0. The number of carbonyl (C=O) groups is 1. The lowest BCUT2D eigenvalue weighted by Crippen LogP contribution is -2.24. The molecule has 1 heterocycles. The van der Waals surface area contributed by atoms with Gasteiger partial charge in [-0.2, -0.15) is 0 Å². The van der Waals surface area contributed by atoms with Gasteiger partial charge in [-0.05, 0) is 55.3 Å². The van der Waals surface area contributed by atoms with Crippen LogP contribution in [0, 0.1) is 13.8 Å². The highest BCUT2D eigenvalue weighted by molar-refractivity contribution is 7.89. The summed E-state index contributed by atoms with van der Waals surface area (Å²) < 4.78 is 32.4. The Morgan fingerprint density at radius 3 is 2.54 bits per heavy atom. The zero-order chi connectivity index (χ0) is 20.6. The van der Waals surface area contributed by atoms with Crippen molar-refractivity contribution in [2.75, 3.05) is 26.5 Å². The molecule has 1 N–H and O–H groups in total. The maximum absolute atomic E-state index is 12.7. The van der Waals surface area contributed by atoms with Crippen LogP contribution in [0.25, 0.3) is 10.2 Å². The predicted octanol–water partition coefficient (Wildman–Crippen LogP) is 3.42. The van der Waals surface area contributed by atoms with Gasteiger partial charge in [-0.1, -0.05) is 11.3 Å². The number of methoxy groups -OCH3 is 1. The van der Waals surface area contributed by atoms with Gasteiger partial charge in [-0.25, -0.2) is 17.7 Å². The summed E-state index contributed by atoms with van der Waals surface area (Å²) >= 11 is 1.32. The highest BCUT2D eigenvalue weighted by atomic mass is 32.2. The number of hydrogen-bond acceptors (Lipinski definition) is 6. The Labute approximate surface area is 168 Å². The van der Waals surface area contributed by atoms with Crippen molar-refractivity contribution in [2.45, 2.75) is 18.7 Å². The summed E-state index contributed by atoms with van der Waals surface area (Å²) in [6, 6.07) is 8.55. The van der Waals surface area contributed by atoms with Crippen LogP contribution >= 0.6 is 11.3 Å². The fourth-order valence-electron chi connectivity index (χ4n) is 2.68. The molecule has 0 bridgehead atoms. The largest absolute Gasteiger partial charge is 0.497 e. The molecule has 0 unspecified atom stereocenters. The Kier molecular flexibility index (Phi) is 5.42. The number of benzene rings is 2. The molecule has 1 aromatic heterocycles. The van der Waals surface area contributed by atoms with Crippen LogP contribution < -0.4 is 10.1 Å². The average Bonchev–Trinajstić information content (AvgIpc) is 3.04. The van der Waals surface area contributed by atoms with Gasteiger partial charge in [0, 0.05) is 19.7 Å². The summed E-state index contributed by atoms with van der Waals surface area (Å²) in [6.45, 7) is 3.51. The molecule has 0 spiro atoms. The minimum absolute atomic E-state index is 0.122. The first-order valence-corrected chi connectivity index (χ1v) is 10.7. The number of nitrogens with zero attached hydrogens (tertiary/aromatic N) is 2. The highest BCUT2D eigenvalue weighted by Crippen LogP contribution is 2.30. The number of rotatable bonds is 5. The molecular weight excluding hydrogens is 398 g/mol. The van der Waals surface area contributed by atoms with Crippen molar-refractivity contribution in [2.24, 2.45) is 0 Å². The summed E-state index contributed by atoms with van der Waals surface area (Å²) in [5.74, 6) is 0.297. The molecule has 0 fully saturated rings. The van der Waals surface area contributed by atoms with Crippen molar-refractivity contribution < 1.29 is 17.9 Å². The molecule has 28 heavy (non-hydrogen) atoms. The summed E-state index contributed by atoms with van der Waals surface area (Å²) in [5.41, 5.74) is 2.36. The number of amides is 1. The number of anilines is 1. The molecule has 9 heteroatoms. The van der Waals surface area contributed by atoms with Crippen LogP contribution in [0.15, 0.2) is 35.2 Å². The van der Waals surface area contributed by atoms with Gasteiger partial charge < -0.3 is 4.74 Å². The highest BCUT2D eigenvalue weighted by Gasteiger charge is 2.23. The first-order chi connectivity index (χ1) is 13.1. The third-order valence-corrected chi connectivity index (χ3v) is 7.33. The van der Waals surface area contributed by atoms with Crippen molar-refractivity contribution in [3.05, 3.63) is 47.0 Å². The van der Waals surface area contributed by atoms with Crippen LogP contribution in [-0.2, 0) is 10.0 Å². The number of fused-ring (bicyclic) bond motifs is 1. The molecule has 148 valence electrons. The van der Waals surface area contributed by atoms with Crippen molar-refractivity contribution in [3.8, 4) is 5.75 Å². The molecule has 0 atom stereocenters. The van der Waals surface area contributed by atoms with Crippen LogP contribution in [0.4, 0.5) is 5.13 Å². The smallest absolute Gasteiger partial charge is 0.257 e. The minimum Gasteiger partial charge on any atom is -0.497 e. The zero-order valence-corrected chi connectivity index (χ0v) is 17.9. The van der Waals surface area contributed by atoms with E-state index in [0.29, 0.717) is 16.4 Å². The molecule has 3 aromatic rings. The molecule has 0 aliphatic carbocycles. The van der Waals surface area contributed by atoms with Gasteiger partial charge in [0.1, 0.15) is 5.75 Å². The fourth-order valence-corrected chi connectivity index (χ4v) is 4.78. The van der Waals surface area contributed by atoms with E-state index in [9.17, 15) is 13.2 Å². The number of aromatic nitrogens is 1. The van der Waals surface area contributed by atoms with Crippen LogP contribution in [-0.4, -0.2) is 44.8 Å². The molecule has 0 aliphatic heterocycles. The number of ether oxygens (including phenoxy) is 1. The van der Waals surface area contributed by atoms with Crippen LogP contribution in [0.2, 0.25) is 0 Å². The van der Waals surface area contributed by atoms with E-state index in [1.54, 1.807) is 33.1 Å². The van der Waals surface area contributed by atoms with Gasteiger partial charge in [-0.15, -0.1) is 0 Å². The molecular formula is C19H21N3O4S2. The van der Waals surface area contributed by atoms with E-state index in [4.69, 9.17) is 4.74 Å². The zero-order valence-electron chi connectivity index (χ0n) is 16.2. The molecule has 2 aromatic carbocycles. The van der Waals surface area contributed by atoms with Crippen molar-refractivity contribution in [1.82, 2.24) is 9.29 Å². The molecule has 0 radical (unpaired) electrons. The normalized spacial score (nSPS) is 11.8. The number of thiazole rings is 1. The number of nitrogens with one attached hydrogen (secondary N) is 1. The quantitative estimate of drug-likeness (QED) is 0.684. The molecule has 0 saturated heterocycles. The van der Waals surface area contributed by atoms with Crippen LogP contribution in [0.3, 0.4) is 0 Å². The predicted molar refractivity (Wildman–Crippen MR) is 111 cm³/mol. The van der Waals surface area contributed by atoms with E-state index in [1.807, 2.05) is 12.1 Å². The Bertz CT molecular complexity index is 1170. The minimum atomic E-state index is -3.66. The third kappa shape index (κ3) is 3.73. The average molecular weight is 420 g/mol. The monoisotopic (exact) mass is 419 g/mol. The van der Waals surface area contributed by atoms with E-state index < -0.39 is 15.9 Å². The first-order valence-electron chi connectivity index (χ1n) is 8.43. The van der Waals surface area contributed by atoms with Gasteiger partial charge in [0.05, 0.1) is 22.2 Å². The molecule has 3 rings (SSSR count). The third-order valence-electron chi connectivity index (χ3n) is 4.46. The number of sulfonamides is 1. The molecule has 1 amide bonds. The van der Waals surface area contributed by atoms with Crippen molar-refractivity contribution in [3.63, 3.8) is 0 Å². The van der Waals surface area contributed by atoms with Crippen LogP contribution in [0.5, 0.6) is 5.75 Å². The fraction of sp³-hybridized carbons (Fsp3) is 0.263. The first kappa shape index (κ1) is 20.2. The molecule has 7 nitrogen and oxygen atoms in total. The van der Waals surface area contributed by atoms with E-state index in [2.05, 4.69) is 10.3 Å². The SMILES string of the molecule is COc1ccc2nc(NC(=O)c3cc(C)c(C)c(S(=O)(=O)N(C)C)c3)sc2c1. The second-order valence-corrected chi connectivity index (χ2v) is 9.66. The van der Waals surface area contributed by atoms with Gasteiger partial charge in [0.25, 0.3) is 5.91 Å². The Balaban J connectivity index is 1.96. The van der Waals surface area contributed by atoms with Gasteiger partial charge in [0.15, 0.2) is 5.13 Å². The van der Waals surface area contributed by atoms with Crippen LogP contribution in [0.1, 0.15) is 21.5 Å². The second kappa shape index (κ2) is 7.50. The summed E-state index contributed by atoms with van der Waals surface area (Å²) in [5, 5.41) is 3.19. The lowest BCUT2D eigenvalue weighted by Gasteiger charge is -2.16. The van der Waals surface area contributed by atoms with Gasteiger partial charge >= 0.3 is 0 Å². The lowest BCUT2D eigenvalue weighted by molar-refractivity contribution is 0.102. The lowest BCUT2D eigenvalue weighted by atomic mass is 10.1. The Morgan fingerprint density at radius 2 is 1.89 bits per heavy atom. The molecule has 0 aliphatic rings. The Hall–Kier alpha value is -2.49. The Morgan fingerprint density at radius 1 is 1.18 bits per heavy atom. The maximum Gasteiger partial charge on any atom is 0.257 e. The summed E-state index contributed by atoms with van der Waals surface area (Å²) in [7, 11) is 0.856. The maximum atomic E-state index is 12.7. The number of aryl methyl sites for hydroxylation is 1. The number of carbonyl (C=O) groups excluding carboxylic acids is 1. The van der Waals surface area contributed by atoms with Crippen molar-refractivity contribution >= 4 is 42.6 Å². The van der Waals surface area contributed by atoms with Gasteiger partial charge in [-0.3, -0.25) is 10.1 Å². The van der Waals surface area contributed by atoms with E-state index in [0.717, 1.165) is 20.1 Å². The second-order valence-electron chi connectivity index (χ2n) is 6.51. The summed E-state index contributed by atoms with van der Waals surface area (Å²) in [4.78, 5) is 17.3. The standard InChI is InChI=1S/C19H21N3O4S2/c1-11-8-13(9-17(12(11)2)28(24,25)22(3)4)18(23)21-19-20-15-7-6-14(26-5)10-16(15)27-19/h6-10H,1-5H3,(H,20,21,23). The van der Waals surface area contributed by atoms with E-state index >= 15 is 0 Å².